The lowest BCUT2D eigenvalue weighted by molar-refractivity contribution is -0.0610. The molecule has 4 heterocycles. The van der Waals surface area contributed by atoms with E-state index >= 15 is 0 Å². The molecule has 166 valence electrons. The van der Waals surface area contributed by atoms with Gasteiger partial charge in [0.25, 0.3) is 0 Å². The highest BCUT2D eigenvalue weighted by atomic mass is 35.5. The average molecular weight is 464 g/mol. The average Bonchev–Trinajstić information content (AvgIpc) is 3.37. The third-order valence-electron chi connectivity index (χ3n) is 5.10. The van der Waals surface area contributed by atoms with Gasteiger partial charge in [-0.05, 0) is 30.6 Å². The Hall–Kier alpha value is -1.34. The molecule has 12 nitrogen and oxygen atoms in total. The summed E-state index contributed by atoms with van der Waals surface area (Å²) in [5.41, 5.74) is 0.413. The molecular formula is C16H23ClN5O7P. The summed E-state index contributed by atoms with van der Waals surface area (Å²) in [6, 6.07) is 1.96. The minimum atomic E-state index is -4.35. The highest BCUT2D eigenvalue weighted by Gasteiger charge is 2.44. The normalized spacial score (nSPS) is 29.7. The maximum atomic E-state index is 10.9. The molecule has 1 unspecified atom stereocenters. The smallest absolute Gasteiger partial charge is 0.350 e. The van der Waals surface area contributed by atoms with Crippen LogP contribution in [0, 0.1) is 0 Å². The number of nitrogens with one attached hydrogen (secondary N) is 2. The summed E-state index contributed by atoms with van der Waals surface area (Å²) >= 11 is 6.11. The first-order chi connectivity index (χ1) is 14.2. The van der Waals surface area contributed by atoms with Crippen LogP contribution in [0.2, 0.25) is 5.28 Å². The number of hydrogen-bond acceptors (Lipinski definition) is 9. The first-order valence-corrected chi connectivity index (χ1v) is 11.6. The molecule has 6 N–H and O–H groups in total. The Morgan fingerprint density at radius 1 is 1.37 bits per heavy atom. The number of halogens is 1. The summed E-state index contributed by atoms with van der Waals surface area (Å²) in [5.74, 6) is 0.562. The van der Waals surface area contributed by atoms with Gasteiger partial charge in [-0.25, -0.2) is 4.98 Å². The summed E-state index contributed by atoms with van der Waals surface area (Å²) in [6.07, 6.45) is -2.82. The SMILES string of the molecule is O=P(O)(O)COCC1O[C@@H](n2ccc3c(N[C@@H]4CCNC4)nc(Cl)nc32)[C@H](O)[C@@H]1O. The van der Waals surface area contributed by atoms with Crippen molar-refractivity contribution in [1.82, 2.24) is 19.9 Å². The van der Waals surface area contributed by atoms with Crippen molar-refractivity contribution in [2.45, 2.75) is 37.0 Å². The van der Waals surface area contributed by atoms with E-state index in [-0.39, 0.29) is 17.9 Å². The molecule has 2 aliphatic heterocycles. The molecule has 2 fully saturated rings. The monoisotopic (exact) mass is 463 g/mol. The largest absolute Gasteiger partial charge is 0.387 e. The number of ether oxygens (including phenoxy) is 2. The maximum Gasteiger partial charge on any atom is 0.350 e. The summed E-state index contributed by atoms with van der Waals surface area (Å²) in [7, 11) is -4.35. The van der Waals surface area contributed by atoms with E-state index < -0.39 is 38.5 Å². The minimum Gasteiger partial charge on any atom is -0.387 e. The summed E-state index contributed by atoms with van der Waals surface area (Å²) in [5, 5.41) is 28.1. The molecule has 5 atom stereocenters. The van der Waals surface area contributed by atoms with Crippen LogP contribution < -0.4 is 10.6 Å². The van der Waals surface area contributed by atoms with Crippen molar-refractivity contribution in [1.29, 1.82) is 0 Å². The zero-order valence-electron chi connectivity index (χ0n) is 15.8. The molecule has 0 amide bonds. The van der Waals surface area contributed by atoms with E-state index in [0.717, 1.165) is 19.5 Å². The van der Waals surface area contributed by atoms with Gasteiger partial charge in [0.1, 0.15) is 36.1 Å². The lowest BCUT2D eigenvalue weighted by Gasteiger charge is -2.18. The van der Waals surface area contributed by atoms with Crippen molar-refractivity contribution in [3.8, 4) is 0 Å². The van der Waals surface area contributed by atoms with Crippen molar-refractivity contribution < 1.29 is 34.0 Å². The van der Waals surface area contributed by atoms with Crippen LogP contribution >= 0.6 is 19.2 Å². The molecule has 14 heteroatoms. The Bertz CT molecular complexity index is 949. The molecule has 2 aliphatic rings. The van der Waals surface area contributed by atoms with Crippen LogP contribution in [0.5, 0.6) is 0 Å². The van der Waals surface area contributed by atoms with Crippen LogP contribution in [0.4, 0.5) is 5.82 Å². The molecular weight excluding hydrogens is 441 g/mol. The molecule has 0 bridgehead atoms. The summed E-state index contributed by atoms with van der Waals surface area (Å²) < 4.78 is 23.1. The van der Waals surface area contributed by atoms with Gasteiger partial charge in [-0.2, -0.15) is 4.98 Å². The predicted molar refractivity (Wildman–Crippen MR) is 106 cm³/mol. The van der Waals surface area contributed by atoms with Crippen LogP contribution in [-0.4, -0.2) is 84.9 Å². The van der Waals surface area contributed by atoms with Crippen molar-refractivity contribution in [2.75, 3.05) is 31.4 Å². The quantitative estimate of drug-likeness (QED) is 0.234. The Kier molecular flexibility index (Phi) is 6.31. The molecule has 2 aromatic heterocycles. The van der Waals surface area contributed by atoms with Crippen molar-refractivity contribution >= 4 is 36.0 Å². The van der Waals surface area contributed by atoms with Crippen molar-refractivity contribution in [3.63, 3.8) is 0 Å². The van der Waals surface area contributed by atoms with Crippen LogP contribution in [0.1, 0.15) is 12.6 Å². The second kappa shape index (κ2) is 8.65. The predicted octanol–water partition coefficient (Wildman–Crippen LogP) is -0.371. The first-order valence-electron chi connectivity index (χ1n) is 9.38. The molecule has 0 radical (unpaired) electrons. The fourth-order valence-corrected chi connectivity index (χ4v) is 4.19. The lowest BCUT2D eigenvalue weighted by atomic mass is 10.1. The second-order valence-electron chi connectivity index (χ2n) is 7.35. The standard InChI is InChI=1S/C16H23ClN5O7P/c17-16-20-13(19-8-1-3-18-5-8)9-2-4-22(14(9)21-16)15-12(24)11(23)10(29-15)6-28-7-30(25,26)27/h2,4,8,10-12,15,18,23-24H,1,3,5-7H2,(H,19,20,21)(H2,25,26,27)/t8-,10?,11-,12-,15-/m1/s1. The van der Waals surface area contributed by atoms with Gasteiger partial charge in [0.05, 0.1) is 12.0 Å². The Morgan fingerprint density at radius 3 is 2.87 bits per heavy atom. The number of rotatable bonds is 7. The van der Waals surface area contributed by atoms with E-state index in [4.69, 9.17) is 30.9 Å². The lowest BCUT2D eigenvalue weighted by Crippen LogP contribution is -2.33. The number of anilines is 1. The number of aliphatic hydroxyl groups is 2. The molecule has 0 saturated carbocycles. The summed E-state index contributed by atoms with van der Waals surface area (Å²) in [4.78, 5) is 26.3. The fraction of sp³-hybridized carbons (Fsp3) is 0.625. The highest BCUT2D eigenvalue weighted by molar-refractivity contribution is 7.51. The van der Waals surface area contributed by atoms with Gasteiger partial charge < -0.3 is 44.7 Å². The Labute approximate surface area is 176 Å². The maximum absolute atomic E-state index is 10.9. The van der Waals surface area contributed by atoms with Gasteiger partial charge in [-0.3, -0.25) is 4.57 Å². The van der Waals surface area contributed by atoms with Crippen molar-refractivity contribution in [2.24, 2.45) is 0 Å². The number of aromatic nitrogens is 3. The molecule has 0 aromatic carbocycles. The van der Waals surface area contributed by atoms with E-state index in [1.165, 1.54) is 4.57 Å². The van der Waals surface area contributed by atoms with Gasteiger partial charge in [0.2, 0.25) is 5.28 Å². The van der Waals surface area contributed by atoms with Crippen molar-refractivity contribution in [3.05, 3.63) is 17.5 Å². The molecule has 4 rings (SSSR count). The van der Waals surface area contributed by atoms with Crippen LogP contribution in [0.25, 0.3) is 11.0 Å². The van der Waals surface area contributed by atoms with Gasteiger partial charge >= 0.3 is 7.60 Å². The molecule has 0 spiro atoms. The van der Waals surface area contributed by atoms with Gasteiger partial charge in [-0.1, -0.05) is 0 Å². The van der Waals surface area contributed by atoms with Crippen LogP contribution in [0.15, 0.2) is 12.3 Å². The molecule has 2 aromatic rings. The number of fused-ring (bicyclic) bond motifs is 1. The molecule has 30 heavy (non-hydrogen) atoms. The second-order valence-corrected chi connectivity index (χ2v) is 9.27. The van der Waals surface area contributed by atoms with Gasteiger partial charge in [0.15, 0.2) is 6.23 Å². The van der Waals surface area contributed by atoms with E-state index in [1.54, 1.807) is 12.3 Å². The van der Waals surface area contributed by atoms with Gasteiger partial charge in [0, 0.05) is 18.8 Å². The number of aliphatic hydroxyl groups excluding tert-OH is 2. The molecule has 0 aliphatic carbocycles. The van der Waals surface area contributed by atoms with E-state index in [9.17, 15) is 14.8 Å². The van der Waals surface area contributed by atoms with Crippen LogP contribution in [0.3, 0.4) is 0 Å². The molecule has 2 saturated heterocycles. The zero-order chi connectivity index (χ0) is 21.5. The first kappa shape index (κ1) is 21.9. The fourth-order valence-electron chi connectivity index (χ4n) is 3.68. The third-order valence-corrected chi connectivity index (χ3v) is 5.79. The third kappa shape index (κ3) is 4.62. The Morgan fingerprint density at radius 2 is 2.17 bits per heavy atom. The number of nitrogens with zero attached hydrogens (tertiary/aromatic N) is 3. The summed E-state index contributed by atoms with van der Waals surface area (Å²) in [6.45, 7) is 1.42. The van der Waals surface area contributed by atoms with E-state index in [1.807, 2.05) is 0 Å². The number of hydrogen-bond donors (Lipinski definition) is 6. The minimum absolute atomic E-state index is 0.0190. The zero-order valence-corrected chi connectivity index (χ0v) is 17.4. The van der Waals surface area contributed by atoms with Gasteiger partial charge in [-0.15, -0.1) is 0 Å². The van der Waals surface area contributed by atoms with Crippen LogP contribution in [-0.2, 0) is 14.0 Å². The topological polar surface area (TPSA) is 171 Å². The highest BCUT2D eigenvalue weighted by Crippen LogP contribution is 2.36. The van der Waals surface area contributed by atoms with E-state index in [0.29, 0.717) is 16.9 Å². The Balaban J connectivity index is 1.55. The van der Waals surface area contributed by atoms with E-state index in [2.05, 4.69) is 20.6 Å².